The number of hydrogen-bond donors (Lipinski definition) is 1. The van der Waals surface area contributed by atoms with Gasteiger partial charge in [0.05, 0.1) is 24.8 Å². The second-order valence-electron chi connectivity index (χ2n) is 7.88. The quantitative estimate of drug-likeness (QED) is 0.340. The summed E-state index contributed by atoms with van der Waals surface area (Å²) in [5.41, 5.74) is 1.17. The van der Waals surface area contributed by atoms with Crippen LogP contribution in [-0.4, -0.2) is 59.5 Å². The number of amides is 1. The number of hydrogen-bond acceptors (Lipinski definition) is 6. The first-order valence-corrected chi connectivity index (χ1v) is 11.7. The van der Waals surface area contributed by atoms with Crippen LogP contribution in [0.15, 0.2) is 24.4 Å². The van der Waals surface area contributed by atoms with E-state index in [1.165, 1.54) is 13.2 Å². The van der Waals surface area contributed by atoms with E-state index in [4.69, 9.17) is 9.47 Å². The maximum Gasteiger partial charge on any atom is 0.338 e. The van der Waals surface area contributed by atoms with E-state index in [1.807, 2.05) is 11.8 Å². The van der Waals surface area contributed by atoms with Gasteiger partial charge in [-0.25, -0.2) is 14.6 Å². The third-order valence-corrected chi connectivity index (χ3v) is 5.29. The Morgan fingerprint density at radius 3 is 2.24 bits per heavy atom. The number of carbonyl (C=O) groups is 3. The molecule has 1 aromatic carbocycles. The maximum absolute atomic E-state index is 13.1. The molecule has 0 unspecified atom stereocenters. The summed E-state index contributed by atoms with van der Waals surface area (Å²) in [5, 5.41) is 0. The number of esters is 2. The van der Waals surface area contributed by atoms with E-state index >= 15 is 0 Å². The van der Waals surface area contributed by atoms with E-state index in [0.717, 1.165) is 38.5 Å². The van der Waals surface area contributed by atoms with Crippen molar-refractivity contribution in [1.29, 1.82) is 0 Å². The van der Waals surface area contributed by atoms with Crippen LogP contribution in [0.25, 0.3) is 11.4 Å². The number of nitrogens with one attached hydrogen (secondary N) is 1. The fourth-order valence-electron chi connectivity index (χ4n) is 3.30. The van der Waals surface area contributed by atoms with Gasteiger partial charge in [-0.1, -0.05) is 40.0 Å². The summed E-state index contributed by atoms with van der Waals surface area (Å²) in [7, 11) is 1.28. The molecule has 0 atom stereocenters. The van der Waals surface area contributed by atoms with Gasteiger partial charge < -0.3 is 19.4 Å². The molecule has 0 spiro atoms. The van der Waals surface area contributed by atoms with Gasteiger partial charge in [-0.2, -0.15) is 0 Å². The van der Waals surface area contributed by atoms with Gasteiger partial charge in [0.15, 0.2) is 0 Å². The monoisotopic (exact) mass is 457 g/mol. The Kier molecular flexibility index (Phi) is 10.6. The van der Waals surface area contributed by atoms with Crippen molar-refractivity contribution in [2.24, 2.45) is 0 Å². The van der Waals surface area contributed by atoms with E-state index in [1.54, 1.807) is 18.3 Å². The number of aromatic amines is 1. The number of rotatable bonds is 13. The smallest absolute Gasteiger partial charge is 0.338 e. The van der Waals surface area contributed by atoms with Gasteiger partial charge in [-0.3, -0.25) is 4.79 Å². The van der Waals surface area contributed by atoms with Crippen LogP contribution < -0.4 is 0 Å². The maximum atomic E-state index is 13.1. The van der Waals surface area contributed by atoms with Crippen LogP contribution in [0, 0.1) is 0 Å². The zero-order valence-corrected chi connectivity index (χ0v) is 20.1. The number of H-pyrrole nitrogens is 1. The Balaban J connectivity index is 2.36. The highest BCUT2D eigenvalue weighted by Crippen LogP contribution is 2.24. The molecule has 0 saturated carbocycles. The molecule has 8 nitrogen and oxygen atoms in total. The van der Waals surface area contributed by atoms with Crippen molar-refractivity contribution in [1.82, 2.24) is 14.9 Å². The Morgan fingerprint density at radius 1 is 0.970 bits per heavy atom. The third kappa shape index (κ3) is 7.17. The molecule has 1 amide bonds. The predicted molar refractivity (Wildman–Crippen MR) is 126 cm³/mol. The normalized spacial score (nSPS) is 10.7. The van der Waals surface area contributed by atoms with E-state index in [0.29, 0.717) is 30.2 Å². The first kappa shape index (κ1) is 26.1. The molecule has 8 heteroatoms. The summed E-state index contributed by atoms with van der Waals surface area (Å²) in [4.78, 5) is 47.1. The Morgan fingerprint density at radius 2 is 1.64 bits per heavy atom. The van der Waals surface area contributed by atoms with E-state index < -0.39 is 11.9 Å². The number of ether oxygens (including phenoxy) is 2. The highest BCUT2D eigenvalue weighted by atomic mass is 16.5. The Labute approximate surface area is 195 Å². The minimum atomic E-state index is -0.555. The molecular formula is C25H35N3O5. The molecule has 180 valence electrons. The van der Waals surface area contributed by atoms with Crippen LogP contribution in [0.4, 0.5) is 0 Å². The molecule has 1 N–H and O–H groups in total. The van der Waals surface area contributed by atoms with Gasteiger partial charge >= 0.3 is 11.9 Å². The minimum absolute atomic E-state index is 0.141. The highest BCUT2D eigenvalue weighted by molar-refractivity contribution is 6.00. The number of imidazole rings is 1. The average molecular weight is 458 g/mol. The molecule has 0 aliphatic carbocycles. The van der Waals surface area contributed by atoms with Crippen LogP contribution in [0.1, 0.15) is 90.5 Å². The number of aromatic nitrogens is 2. The van der Waals surface area contributed by atoms with Crippen molar-refractivity contribution in [3.63, 3.8) is 0 Å². The zero-order valence-electron chi connectivity index (χ0n) is 20.1. The van der Waals surface area contributed by atoms with Gasteiger partial charge in [0.25, 0.3) is 5.91 Å². The van der Waals surface area contributed by atoms with Gasteiger partial charge in [-0.15, -0.1) is 0 Å². The number of benzene rings is 1. The summed E-state index contributed by atoms with van der Waals surface area (Å²) >= 11 is 0. The lowest BCUT2D eigenvalue weighted by molar-refractivity contribution is 0.0500. The number of methoxy groups -OCH3 is 1. The molecule has 2 aromatic rings. The Bertz CT molecular complexity index is 930. The second-order valence-corrected chi connectivity index (χ2v) is 7.88. The lowest BCUT2D eigenvalue weighted by atomic mass is 10.0. The van der Waals surface area contributed by atoms with Crippen LogP contribution in [0.2, 0.25) is 0 Å². The molecule has 0 saturated heterocycles. The number of unbranched alkanes of at least 4 members (excludes halogenated alkanes) is 3. The lowest BCUT2D eigenvalue weighted by Gasteiger charge is -2.21. The fourth-order valence-corrected chi connectivity index (χ4v) is 3.30. The summed E-state index contributed by atoms with van der Waals surface area (Å²) in [6.07, 6.45) is 7.03. The van der Waals surface area contributed by atoms with Crippen LogP contribution in [0.5, 0.6) is 0 Å². The second kappa shape index (κ2) is 13.4. The standard InChI is InChI=1S/C25H35N3O5/c1-5-8-13-28(14-9-6-2)23(29)21-17-26-22(27-21)19-12-11-18(24(30)32-4)16-20(19)25(31)33-15-10-7-3/h11-12,16-17H,5-10,13-15H2,1-4H3,(H,26,27). The van der Waals surface area contributed by atoms with Crippen molar-refractivity contribution < 1.29 is 23.9 Å². The summed E-state index contributed by atoms with van der Waals surface area (Å²) in [6.45, 7) is 7.83. The molecule has 0 radical (unpaired) electrons. The topological polar surface area (TPSA) is 102 Å². The van der Waals surface area contributed by atoms with Gasteiger partial charge in [0, 0.05) is 24.8 Å². The molecular weight excluding hydrogens is 422 g/mol. The van der Waals surface area contributed by atoms with E-state index in [2.05, 4.69) is 23.8 Å². The molecule has 0 bridgehead atoms. The van der Waals surface area contributed by atoms with Crippen molar-refractivity contribution in [3.8, 4) is 11.4 Å². The third-order valence-electron chi connectivity index (χ3n) is 5.29. The van der Waals surface area contributed by atoms with Crippen LogP contribution in [-0.2, 0) is 9.47 Å². The molecule has 0 fully saturated rings. The largest absolute Gasteiger partial charge is 0.465 e. The lowest BCUT2D eigenvalue weighted by Crippen LogP contribution is -2.33. The molecule has 0 aliphatic heterocycles. The first-order valence-electron chi connectivity index (χ1n) is 11.7. The van der Waals surface area contributed by atoms with Crippen molar-refractivity contribution >= 4 is 17.8 Å². The van der Waals surface area contributed by atoms with E-state index in [-0.39, 0.29) is 23.6 Å². The van der Waals surface area contributed by atoms with Crippen LogP contribution >= 0.6 is 0 Å². The zero-order chi connectivity index (χ0) is 24.2. The van der Waals surface area contributed by atoms with Gasteiger partial charge in [0.2, 0.25) is 0 Å². The van der Waals surface area contributed by atoms with Crippen molar-refractivity contribution in [2.75, 3.05) is 26.8 Å². The highest BCUT2D eigenvalue weighted by Gasteiger charge is 2.22. The molecule has 1 heterocycles. The number of nitrogens with zero attached hydrogens (tertiary/aromatic N) is 2. The van der Waals surface area contributed by atoms with Crippen molar-refractivity contribution in [2.45, 2.75) is 59.3 Å². The minimum Gasteiger partial charge on any atom is -0.465 e. The van der Waals surface area contributed by atoms with Gasteiger partial charge in [0.1, 0.15) is 11.5 Å². The van der Waals surface area contributed by atoms with E-state index in [9.17, 15) is 14.4 Å². The molecule has 2 rings (SSSR count). The molecule has 0 aliphatic rings. The average Bonchev–Trinajstić information content (AvgIpc) is 3.33. The van der Waals surface area contributed by atoms with Gasteiger partial charge in [-0.05, 0) is 37.5 Å². The van der Waals surface area contributed by atoms with Crippen LogP contribution in [0.3, 0.4) is 0 Å². The summed E-state index contributed by atoms with van der Waals surface area (Å²) in [6, 6.07) is 4.61. The number of carbonyl (C=O) groups excluding carboxylic acids is 3. The fraction of sp³-hybridized carbons (Fsp3) is 0.520. The molecule has 1 aromatic heterocycles. The SMILES string of the molecule is CCCCOC(=O)c1cc(C(=O)OC)ccc1-c1nc(C(=O)N(CCCC)CCCC)c[nH]1. The predicted octanol–water partition coefficient (Wildman–Crippen LogP) is 4.86. The first-order chi connectivity index (χ1) is 16.0. The summed E-state index contributed by atoms with van der Waals surface area (Å²) in [5.74, 6) is -0.885. The summed E-state index contributed by atoms with van der Waals surface area (Å²) < 4.78 is 10.1. The van der Waals surface area contributed by atoms with Crippen molar-refractivity contribution in [3.05, 3.63) is 41.2 Å². The molecule has 33 heavy (non-hydrogen) atoms. The Hall–Kier alpha value is -3.16.